The Morgan fingerprint density at radius 1 is 0.881 bits per heavy atom. The fourth-order valence-electron chi connectivity index (χ4n) is 3.67. The van der Waals surface area contributed by atoms with Crippen LogP contribution in [-0.4, -0.2) is 95.9 Å². The lowest BCUT2D eigenvalue weighted by molar-refractivity contribution is -0.115. The summed E-state index contributed by atoms with van der Waals surface area (Å²) < 4.78 is 30.7. The average molecular weight is 615 g/mol. The third-order valence-electron chi connectivity index (χ3n) is 5.92. The molecule has 14 heteroatoms. The molecule has 13 nitrogen and oxygen atoms in total. The van der Waals surface area contributed by atoms with Gasteiger partial charge in [0.25, 0.3) is 0 Å². The Morgan fingerprint density at radius 2 is 1.26 bits per heavy atom. The predicted molar refractivity (Wildman–Crippen MR) is 157 cm³/mol. The lowest BCUT2D eigenvalue weighted by atomic mass is 9.98. The van der Waals surface area contributed by atoms with Gasteiger partial charge in [-0.3, -0.25) is 4.79 Å². The Hall–Kier alpha value is -3.03. The number of hydrogen-bond donors (Lipinski definition) is 0. The maximum Gasteiger partial charge on any atom is 0.446 e. The van der Waals surface area contributed by atoms with Crippen molar-refractivity contribution in [1.29, 1.82) is 0 Å². The highest BCUT2D eigenvalue weighted by Gasteiger charge is 2.41. The maximum absolute atomic E-state index is 11.7. The monoisotopic (exact) mass is 614 g/mol. The van der Waals surface area contributed by atoms with Crippen LogP contribution in [0.5, 0.6) is 0 Å². The second-order valence-corrected chi connectivity index (χ2v) is 13.8. The highest BCUT2D eigenvalue weighted by molar-refractivity contribution is 7.74. The Kier molecular flexibility index (Phi) is 16.5. The van der Waals surface area contributed by atoms with Gasteiger partial charge in [-0.05, 0) is 67.2 Å². The summed E-state index contributed by atoms with van der Waals surface area (Å²) in [5, 5.41) is 0. The van der Waals surface area contributed by atoms with Gasteiger partial charge in [-0.2, -0.15) is 4.79 Å². The number of ketones is 1. The van der Waals surface area contributed by atoms with Crippen LogP contribution in [0.15, 0.2) is 0 Å². The minimum atomic E-state index is -3.70. The van der Waals surface area contributed by atoms with Gasteiger partial charge in [0.1, 0.15) is 17.5 Å². The van der Waals surface area contributed by atoms with Crippen LogP contribution in [0.1, 0.15) is 74.1 Å². The first-order valence-corrected chi connectivity index (χ1v) is 15.2. The fraction of sp³-hybridized carbons (Fsp3) is 0.750. The van der Waals surface area contributed by atoms with Crippen molar-refractivity contribution in [2.75, 3.05) is 40.4 Å². The number of likely N-dealkylation sites (tertiary alicyclic amines) is 2. The molecule has 2 heterocycles. The molecule has 0 unspecified atom stereocenters. The molecule has 0 N–H and O–H groups in total. The van der Waals surface area contributed by atoms with E-state index in [-0.39, 0.29) is 18.1 Å². The first-order chi connectivity index (χ1) is 19.4. The van der Waals surface area contributed by atoms with E-state index in [1.807, 2.05) is 41.5 Å². The molecule has 0 aromatic heterocycles. The van der Waals surface area contributed by atoms with E-state index in [2.05, 4.69) is 19.8 Å². The standard InChI is InChI=1S/C12H19NO2.C11H19NO3.C5H9N2O4P/c1-5-10-6-8-13(9-7-10)11(14)15-12(2,3)4;1-11(2,3)15-10(14)12-6-4-9(8-13)5-7-12;1-4(8)5(7-6)12(9,10-2)11-3/h1,10H,6-9H2,2-4H3;8-9H,4-7H2,1-3H3;1-3H3. The second-order valence-electron chi connectivity index (χ2n) is 11.7. The average Bonchev–Trinajstić information content (AvgIpc) is 2.92. The van der Waals surface area contributed by atoms with Gasteiger partial charge in [-0.25, -0.2) is 14.2 Å². The molecule has 0 bridgehead atoms. The van der Waals surface area contributed by atoms with Gasteiger partial charge >= 0.3 is 25.2 Å². The quantitative estimate of drug-likeness (QED) is 0.106. The molecule has 0 spiro atoms. The number of carbonyl (C=O) groups excluding carboxylic acids is 4. The van der Waals surface area contributed by atoms with Crippen LogP contribution < -0.4 is 0 Å². The molecule has 2 aliphatic rings. The summed E-state index contributed by atoms with van der Waals surface area (Å²) in [6, 6.07) is 0. The van der Waals surface area contributed by atoms with Crippen LogP contribution in [0.25, 0.3) is 5.53 Å². The first kappa shape index (κ1) is 39.0. The minimum absolute atomic E-state index is 0.115. The summed E-state index contributed by atoms with van der Waals surface area (Å²) in [5.74, 6) is 2.51. The molecule has 0 aliphatic carbocycles. The number of piperidine rings is 2. The predicted octanol–water partition coefficient (Wildman–Crippen LogP) is 4.79. The molecular weight excluding hydrogens is 567 g/mol. The normalized spacial score (nSPS) is 16.3. The largest absolute Gasteiger partial charge is 0.446 e. The lowest BCUT2D eigenvalue weighted by Gasteiger charge is -2.31. The van der Waals surface area contributed by atoms with Crippen LogP contribution >= 0.6 is 7.60 Å². The molecule has 0 saturated carbocycles. The van der Waals surface area contributed by atoms with Crippen molar-refractivity contribution in [2.24, 2.45) is 11.8 Å². The Balaban J connectivity index is 0.000000606. The number of hydrogen-bond acceptors (Lipinski definition) is 9. The Morgan fingerprint density at radius 3 is 1.50 bits per heavy atom. The van der Waals surface area contributed by atoms with Crippen molar-refractivity contribution in [3.8, 4) is 12.3 Å². The van der Waals surface area contributed by atoms with Crippen molar-refractivity contribution in [3.63, 3.8) is 0 Å². The summed E-state index contributed by atoms with van der Waals surface area (Å²) >= 11 is 0. The lowest BCUT2D eigenvalue weighted by Crippen LogP contribution is -2.41. The van der Waals surface area contributed by atoms with Crippen molar-refractivity contribution >= 4 is 37.3 Å². The van der Waals surface area contributed by atoms with Crippen LogP contribution in [0.2, 0.25) is 0 Å². The second kappa shape index (κ2) is 17.8. The fourth-order valence-corrected chi connectivity index (χ4v) is 4.66. The topological polar surface area (TPSA) is 165 Å². The number of aldehydes is 1. The molecule has 2 rings (SSSR count). The van der Waals surface area contributed by atoms with Gasteiger partial charge < -0.3 is 38.6 Å². The number of Topliss-reactive ketones (excluding diaryl/α,β-unsaturated/α-hetero) is 1. The van der Waals surface area contributed by atoms with E-state index < -0.39 is 30.0 Å². The van der Waals surface area contributed by atoms with Crippen LogP contribution in [-0.2, 0) is 32.7 Å². The summed E-state index contributed by atoms with van der Waals surface area (Å²) in [7, 11) is -1.51. The maximum atomic E-state index is 11.7. The Labute approximate surface area is 249 Å². The summed E-state index contributed by atoms with van der Waals surface area (Å²) in [6.07, 6.45) is 9.10. The molecular formula is C28H47N4O9P. The molecule has 0 radical (unpaired) electrons. The summed E-state index contributed by atoms with van der Waals surface area (Å²) in [5.41, 5.74) is 6.86. The molecule has 2 amide bonds. The highest BCUT2D eigenvalue weighted by atomic mass is 31.2. The molecule has 0 atom stereocenters. The number of ether oxygens (including phenoxy) is 2. The zero-order valence-corrected chi connectivity index (χ0v) is 27.3. The van der Waals surface area contributed by atoms with Crippen molar-refractivity contribution < 1.29 is 47.1 Å². The van der Waals surface area contributed by atoms with Gasteiger partial charge in [0.15, 0.2) is 0 Å². The molecule has 2 saturated heterocycles. The smallest absolute Gasteiger partial charge is 0.444 e. The third-order valence-corrected chi connectivity index (χ3v) is 7.80. The van der Waals surface area contributed by atoms with Gasteiger partial charge in [-0.15, -0.1) is 12.3 Å². The molecule has 2 aliphatic heterocycles. The molecule has 0 aromatic carbocycles. The van der Waals surface area contributed by atoms with Gasteiger partial charge in [0, 0.05) is 59.2 Å². The number of carbonyl (C=O) groups is 4. The number of nitrogens with zero attached hydrogens (tertiary/aromatic N) is 4. The minimum Gasteiger partial charge on any atom is -0.444 e. The molecule has 2 fully saturated rings. The van der Waals surface area contributed by atoms with Crippen molar-refractivity contribution in [1.82, 2.24) is 9.80 Å². The van der Waals surface area contributed by atoms with E-state index in [9.17, 15) is 23.7 Å². The van der Waals surface area contributed by atoms with E-state index in [0.29, 0.717) is 32.1 Å². The van der Waals surface area contributed by atoms with E-state index in [0.717, 1.165) is 53.1 Å². The van der Waals surface area contributed by atoms with Crippen LogP contribution in [0.4, 0.5) is 9.59 Å². The van der Waals surface area contributed by atoms with E-state index >= 15 is 0 Å². The summed E-state index contributed by atoms with van der Waals surface area (Å²) in [6.45, 7) is 14.9. The third kappa shape index (κ3) is 14.7. The van der Waals surface area contributed by atoms with Crippen LogP contribution in [0.3, 0.4) is 0 Å². The molecule has 42 heavy (non-hydrogen) atoms. The van der Waals surface area contributed by atoms with E-state index in [1.165, 1.54) is 0 Å². The van der Waals surface area contributed by atoms with E-state index in [4.69, 9.17) is 21.4 Å². The number of terminal acetylenes is 1. The summed E-state index contributed by atoms with van der Waals surface area (Å²) in [4.78, 5) is 50.5. The van der Waals surface area contributed by atoms with Crippen LogP contribution in [0, 0.1) is 24.2 Å². The Bertz CT molecular complexity index is 1040. The highest BCUT2D eigenvalue weighted by Crippen LogP contribution is 2.47. The SMILES string of the molecule is C#CC1CCN(C(=O)OC(C)(C)C)CC1.CC(C)(C)OC(=O)N1CCC(C=O)CC1.COP(=O)(OC)C(=[N+]=[N-])C(C)=O. The van der Waals surface area contributed by atoms with Crippen molar-refractivity contribution in [2.45, 2.75) is 85.4 Å². The molecule has 0 aromatic rings. The van der Waals surface area contributed by atoms with Gasteiger partial charge in [0.05, 0.1) is 0 Å². The van der Waals surface area contributed by atoms with Gasteiger partial charge in [0.2, 0.25) is 5.78 Å². The van der Waals surface area contributed by atoms with E-state index in [1.54, 1.807) is 9.80 Å². The molecule has 238 valence electrons. The first-order valence-electron chi connectivity index (χ1n) is 13.7. The zero-order chi connectivity index (χ0) is 32.7. The number of amides is 2. The van der Waals surface area contributed by atoms with Gasteiger partial charge in [-0.1, -0.05) is 0 Å². The number of rotatable bonds is 5. The van der Waals surface area contributed by atoms with Crippen molar-refractivity contribution in [3.05, 3.63) is 5.53 Å². The zero-order valence-electron chi connectivity index (χ0n) is 26.4.